The molecule has 0 fully saturated rings. The van der Waals surface area contributed by atoms with Crippen molar-refractivity contribution in [2.75, 3.05) is 0 Å². The minimum atomic E-state index is -0.786. The maximum Gasteiger partial charge on any atom is 0.133 e. The van der Waals surface area contributed by atoms with Crippen molar-refractivity contribution in [2.45, 2.75) is 40.5 Å². The van der Waals surface area contributed by atoms with Gasteiger partial charge in [0.2, 0.25) is 0 Å². The van der Waals surface area contributed by atoms with Gasteiger partial charge in [-0.25, -0.2) is 0 Å². The fraction of sp³-hybridized carbons (Fsp3) is 0.667. The summed E-state index contributed by atoms with van der Waals surface area (Å²) in [5.41, 5.74) is 0.436. The molecule has 0 aliphatic heterocycles. The van der Waals surface area contributed by atoms with Crippen LogP contribution in [-0.2, 0) is 9.59 Å². The Labute approximate surface area is 86.4 Å². The Balaban J connectivity index is 4.45. The van der Waals surface area contributed by atoms with Crippen molar-refractivity contribution >= 4 is 12.6 Å². The van der Waals surface area contributed by atoms with E-state index in [-0.39, 0.29) is 5.92 Å². The van der Waals surface area contributed by atoms with Gasteiger partial charge in [0.25, 0.3) is 0 Å². The van der Waals surface area contributed by atoms with E-state index in [1.165, 1.54) is 5.57 Å². The Kier molecular flexibility index (Phi) is 5.36. The molecular formula is C12H20O2. The lowest BCUT2D eigenvalue weighted by Gasteiger charge is -2.25. The van der Waals surface area contributed by atoms with Crippen molar-refractivity contribution in [1.29, 1.82) is 0 Å². The number of hydrogen-bond acceptors (Lipinski definition) is 2. The molecule has 0 radical (unpaired) electrons. The Morgan fingerprint density at radius 1 is 1.21 bits per heavy atom. The van der Waals surface area contributed by atoms with Crippen LogP contribution in [0.2, 0.25) is 0 Å². The van der Waals surface area contributed by atoms with Gasteiger partial charge in [-0.2, -0.15) is 0 Å². The molecular weight excluding hydrogens is 176 g/mol. The largest absolute Gasteiger partial charge is 0.302 e. The van der Waals surface area contributed by atoms with Gasteiger partial charge < -0.3 is 9.59 Å². The van der Waals surface area contributed by atoms with Crippen LogP contribution in [0.5, 0.6) is 0 Å². The summed E-state index contributed by atoms with van der Waals surface area (Å²) in [6.07, 6.45) is 5.05. The van der Waals surface area contributed by atoms with Crippen LogP contribution in [-0.4, -0.2) is 12.6 Å². The van der Waals surface area contributed by atoms with Gasteiger partial charge in [0, 0.05) is 0 Å². The van der Waals surface area contributed by atoms with E-state index < -0.39 is 5.41 Å². The maximum absolute atomic E-state index is 10.9. The number of carbonyl (C=O) groups excluding carboxylic acids is 2. The fourth-order valence-corrected chi connectivity index (χ4v) is 1.32. The van der Waals surface area contributed by atoms with Gasteiger partial charge in [0.1, 0.15) is 12.6 Å². The van der Waals surface area contributed by atoms with Crippen LogP contribution in [0.1, 0.15) is 40.5 Å². The lowest BCUT2D eigenvalue weighted by molar-refractivity contribution is -0.129. The second-order valence-corrected chi connectivity index (χ2v) is 4.32. The molecule has 0 amide bonds. The maximum atomic E-state index is 10.9. The van der Waals surface area contributed by atoms with E-state index in [0.29, 0.717) is 6.42 Å². The van der Waals surface area contributed by atoms with Crippen molar-refractivity contribution in [2.24, 2.45) is 11.3 Å². The van der Waals surface area contributed by atoms with E-state index in [1.807, 2.05) is 27.7 Å². The van der Waals surface area contributed by atoms with Crippen LogP contribution in [0.3, 0.4) is 0 Å². The summed E-state index contributed by atoms with van der Waals surface area (Å²) < 4.78 is 0. The van der Waals surface area contributed by atoms with Gasteiger partial charge in [-0.15, -0.1) is 0 Å². The molecule has 0 aromatic rings. The number of rotatable bonds is 6. The molecule has 0 aliphatic carbocycles. The van der Waals surface area contributed by atoms with Crippen molar-refractivity contribution in [3.8, 4) is 0 Å². The summed E-state index contributed by atoms with van der Waals surface area (Å²) in [6, 6.07) is 0. The van der Waals surface area contributed by atoms with Gasteiger partial charge in [-0.3, -0.25) is 0 Å². The summed E-state index contributed by atoms with van der Waals surface area (Å²) in [4.78, 5) is 21.8. The molecule has 0 unspecified atom stereocenters. The van der Waals surface area contributed by atoms with E-state index >= 15 is 0 Å². The lowest BCUT2D eigenvalue weighted by atomic mass is 9.76. The minimum Gasteiger partial charge on any atom is -0.302 e. The van der Waals surface area contributed by atoms with Crippen LogP contribution >= 0.6 is 0 Å². The summed E-state index contributed by atoms with van der Waals surface area (Å²) in [5.74, 6) is 0.0723. The van der Waals surface area contributed by atoms with Crippen molar-refractivity contribution in [3.63, 3.8) is 0 Å². The molecule has 0 aromatic carbocycles. The van der Waals surface area contributed by atoms with Crippen molar-refractivity contribution in [1.82, 2.24) is 0 Å². The first-order chi connectivity index (χ1) is 6.48. The molecule has 0 heterocycles. The highest BCUT2D eigenvalue weighted by atomic mass is 16.1. The first-order valence-corrected chi connectivity index (χ1v) is 5.04. The Bertz CT molecular complexity index is 214. The molecule has 14 heavy (non-hydrogen) atoms. The predicted octanol–water partition coefficient (Wildman–Crippen LogP) is 2.77. The van der Waals surface area contributed by atoms with Gasteiger partial charge in [-0.05, 0) is 32.6 Å². The Hall–Kier alpha value is -0.920. The van der Waals surface area contributed by atoms with Crippen LogP contribution in [0.15, 0.2) is 11.6 Å². The average Bonchev–Trinajstić information content (AvgIpc) is 2.12. The van der Waals surface area contributed by atoms with Crippen LogP contribution in [0.25, 0.3) is 0 Å². The highest BCUT2D eigenvalue weighted by molar-refractivity contribution is 5.83. The molecule has 0 spiro atoms. The molecule has 0 atom stereocenters. The molecule has 0 bridgehead atoms. The third kappa shape index (κ3) is 3.44. The molecule has 0 aromatic heterocycles. The molecule has 0 aliphatic rings. The van der Waals surface area contributed by atoms with Gasteiger partial charge in [0.05, 0.1) is 5.41 Å². The Morgan fingerprint density at radius 3 is 2.00 bits per heavy atom. The number of aldehydes is 2. The molecule has 0 saturated heterocycles. The minimum absolute atomic E-state index is 0.0723. The van der Waals surface area contributed by atoms with Crippen LogP contribution < -0.4 is 0 Å². The number of hydrogen-bond donors (Lipinski definition) is 0. The second-order valence-electron chi connectivity index (χ2n) is 4.32. The molecule has 2 nitrogen and oxygen atoms in total. The topological polar surface area (TPSA) is 34.1 Å². The summed E-state index contributed by atoms with van der Waals surface area (Å²) in [5, 5.41) is 0. The van der Waals surface area contributed by atoms with Crippen LogP contribution in [0, 0.1) is 11.3 Å². The third-order valence-electron chi connectivity index (χ3n) is 2.64. The standard InChI is InChI=1S/C12H20O2/c1-10(2)6-5-7-12(8-13,9-14)11(3)4/h6,8-9,11H,5,7H2,1-4H3. The monoisotopic (exact) mass is 196 g/mol. The molecule has 0 rings (SSSR count). The zero-order chi connectivity index (χ0) is 11.2. The van der Waals surface area contributed by atoms with Gasteiger partial charge >= 0.3 is 0 Å². The van der Waals surface area contributed by atoms with Gasteiger partial charge in [-0.1, -0.05) is 25.5 Å². The van der Waals surface area contributed by atoms with E-state index in [9.17, 15) is 9.59 Å². The highest BCUT2D eigenvalue weighted by Gasteiger charge is 2.32. The van der Waals surface area contributed by atoms with Crippen molar-refractivity contribution in [3.05, 3.63) is 11.6 Å². The summed E-state index contributed by atoms with van der Waals surface area (Å²) >= 11 is 0. The normalized spacial score (nSPS) is 11.2. The first-order valence-electron chi connectivity index (χ1n) is 5.04. The number of allylic oxidation sites excluding steroid dienone is 2. The van der Waals surface area contributed by atoms with E-state index in [2.05, 4.69) is 6.08 Å². The quantitative estimate of drug-likeness (QED) is 0.372. The first kappa shape index (κ1) is 13.1. The molecule has 0 saturated carbocycles. The fourth-order valence-electron chi connectivity index (χ4n) is 1.32. The zero-order valence-electron chi connectivity index (χ0n) is 9.54. The third-order valence-corrected chi connectivity index (χ3v) is 2.64. The number of carbonyl (C=O) groups is 2. The van der Waals surface area contributed by atoms with E-state index in [0.717, 1.165) is 19.0 Å². The van der Waals surface area contributed by atoms with E-state index in [1.54, 1.807) is 0 Å². The van der Waals surface area contributed by atoms with Gasteiger partial charge in [0.15, 0.2) is 0 Å². The molecule has 0 N–H and O–H groups in total. The molecule has 2 heteroatoms. The average molecular weight is 196 g/mol. The van der Waals surface area contributed by atoms with Crippen molar-refractivity contribution < 1.29 is 9.59 Å². The Morgan fingerprint density at radius 2 is 1.71 bits per heavy atom. The SMILES string of the molecule is CC(C)=CCCC(C=O)(C=O)C(C)C. The predicted molar refractivity (Wildman–Crippen MR) is 58.1 cm³/mol. The summed E-state index contributed by atoms with van der Waals surface area (Å²) in [7, 11) is 0. The lowest BCUT2D eigenvalue weighted by Crippen LogP contribution is -2.30. The van der Waals surface area contributed by atoms with Crippen LogP contribution in [0.4, 0.5) is 0 Å². The smallest absolute Gasteiger partial charge is 0.133 e. The summed E-state index contributed by atoms with van der Waals surface area (Å²) in [6.45, 7) is 7.84. The highest BCUT2D eigenvalue weighted by Crippen LogP contribution is 2.28. The van der Waals surface area contributed by atoms with E-state index in [4.69, 9.17) is 0 Å². The second kappa shape index (κ2) is 5.74. The molecule has 80 valence electrons. The zero-order valence-corrected chi connectivity index (χ0v) is 9.54.